The Morgan fingerprint density at radius 3 is 2.77 bits per heavy atom. The van der Waals surface area contributed by atoms with Gasteiger partial charge in [0.25, 0.3) is 0 Å². The van der Waals surface area contributed by atoms with Crippen molar-refractivity contribution in [1.29, 1.82) is 0 Å². The van der Waals surface area contributed by atoms with E-state index < -0.39 is 12.0 Å². The van der Waals surface area contributed by atoms with Crippen LogP contribution in [0.1, 0.15) is 26.2 Å². The van der Waals surface area contributed by atoms with Gasteiger partial charge in [0.05, 0.1) is 0 Å². The third-order valence-electron chi connectivity index (χ3n) is 1.71. The van der Waals surface area contributed by atoms with Crippen molar-refractivity contribution in [3.05, 3.63) is 12.3 Å². The molecule has 0 saturated heterocycles. The van der Waals surface area contributed by atoms with Crippen molar-refractivity contribution in [3.8, 4) is 0 Å². The van der Waals surface area contributed by atoms with Gasteiger partial charge >= 0.3 is 5.97 Å². The summed E-state index contributed by atoms with van der Waals surface area (Å²) in [5.41, 5.74) is 5.31. The highest BCUT2D eigenvalue weighted by Gasteiger charge is 2.13. The smallest absolute Gasteiger partial charge is 0.326 e. The van der Waals surface area contributed by atoms with E-state index in [9.17, 15) is 4.79 Å². The molecule has 4 heteroatoms. The summed E-state index contributed by atoms with van der Waals surface area (Å²) in [6, 6.07) is -0.484. The fourth-order valence-corrected chi connectivity index (χ4v) is 0.983. The van der Waals surface area contributed by atoms with Crippen molar-refractivity contribution < 1.29 is 9.90 Å². The molecule has 0 fully saturated rings. The zero-order valence-corrected chi connectivity index (χ0v) is 7.99. The standard InChI is InChI=1S/C9H18N2O2/c1-2-7-11-8(9(12)13)5-3-4-6-10/h2,7-8,11H,3-6,10H2,1H3,(H,12,13)/t8-/m0/s1. The number of carbonyl (C=O) groups is 1. The molecule has 0 spiro atoms. The van der Waals surface area contributed by atoms with Crippen LogP contribution in [0.2, 0.25) is 0 Å². The minimum atomic E-state index is -0.810. The number of carboxylic acid groups (broad SMARTS) is 1. The maximum absolute atomic E-state index is 10.7. The average Bonchev–Trinajstić information content (AvgIpc) is 2.10. The molecule has 0 aromatic rings. The lowest BCUT2D eigenvalue weighted by atomic mass is 10.1. The van der Waals surface area contributed by atoms with Crippen LogP contribution in [0.15, 0.2) is 12.3 Å². The zero-order valence-electron chi connectivity index (χ0n) is 7.99. The Labute approximate surface area is 78.8 Å². The van der Waals surface area contributed by atoms with Gasteiger partial charge in [-0.2, -0.15) is 0 Å². The number of nitrogens with two attached hydrogens (primary N) is 1. The quantitative estimate of drug-likeness (QED) is 0.511. The van der Waals surface area contributed by atoms with Crippen LogP contribution in [0, 0.1) is 0 Å². The number of allylic oxidation sites excluding steroid dienone is 1. The third-order valence-corrected chi connectivity index (χ3v) is 1.71. The van der Waals surface area contributed by atoms with E-state index >= 15 is 0 Å². The summed E-state index contributed by atoms with van der Waals surface area (Å²) >= 11 is 0. The van der Waals surface area contributed by atoms with Gasteiger partial charge in [-0.3, -0.25) is 0 Å². The first kappa shape index (κ1) is 12.0. The lowest BCUT2D eigenvalue weighted by Crippen LogP contribution is -2.33. The highest BCUT2D eigenvalue weighted by atomic mass is 16.4. The van der Waals surface area contributed by atoms with Crippen LogP contribution in [-0.4, -0.2) is 23.7 Å². The Balaban J connectivity index is 3.74. The van der Waals surface area contributed by atoms with Crippen LogP contribution < -0.4 is 11.1 Å². The summed E-state index contributed by atoms with van der Waals surface area (Å²) in [6.45, 7) is 2.46. The lowest BCUT2D eigenvalue weighted by Gasteiger charge is -2.11. The van der Waals surface area contributed by atoms with Gasteiger partial charge in [-0.1, -0.05) is 6.08 Å². The third kappa shape index (κ3) is 6.16. The number of hydrogen-bond acceptors (Lipinski definition) is 3. The fraction of sp³-hybridized carbons (Fsp3) is 0.667. The number of carboxylic acids is 1. The van der Waals surface area contributed by atoms with Crippen LogP contribution in [0.3, 0.4) is 0 Å². The van der Waals surface area contributed by atoms with Crippen LogP contribution in [-0.2, 0) is 4.79 Å². The molecule has 0 radical (unpaired) electrons. The van der Waals surface area contributed by atoms with Gasteiger partial charge in [0.15, 0.2) is 0 Å². The molecule has 4 N–H and O–H groups in total. The van der Waals surface area contributed by atoms with Gasteiger partial charge in [0.2, 0.25) is 0 Å². The summed E-state index contributed by atoms with van der Waals surface area (Å²) in [5.74, 6) is -0.810. The van der Waals surface area contributed by atoms with Gasteiger partial charge in [-0.05, 0) is 38.9 Å². The molecule has 0 heterocycles. The van der Waals surface area contributed by atoms with Crippen LogP contribution >= 0.6 is 0 Å². The molecule has 0 saturated carbocycles. The molecule has 0 aliphatic heterocycles. The van der Waals surface area contributed by atoms with Crippen LogP contribution in [0.5, 0.6) is 0 Å². The Kier molecular flexibility index (Phi) is 7.01. The minimum absolute atomic E-state index is 0.484. The Morgan fingerprint density at radius 1 is 1.62 bits per heavy atom. The largest absolute Gasteiger partial charge is 0.480 e. The van der Waals surface area contributed by atoms with Gasteiger partial charge in [0.1, 0.15) is 6.04 Å². The number of rotatable bonds is 7. The zero-order chi connectivity index (χ0) is 10.1. The number of hydrogen-bond donors (Lipinski definition) is 3. The normalized spacial score (nSPS) is 13.1. The Hall–Kier alpha value is -1.03. The molecule has 0 aliphatic carbocycles. The molecular formula is C9H18N2O2. The van der Waals surface area contributed by atoms with E-state index in [4.69, 9.17) is 10.8 Å². The predicted molar refractivity (Wildman–Crippen MR) is 52.3 cm³/mol. The highest BCUT2D eigenvalue weighted by Crippen LogP contribution is 2.00. The van der Waals surface area contributed by atoms with Crippen molar-refractivity contribution in [1.82, 2.24) is 5.32 Å². The molecule has 4 nitrogen and oxygen atoms in total. The molecular weight excluding hydrogens is 168 g/mol. The number of aliphatic carboxylic acids is 1. The summed E-state index contributed by atoms with van der Waals surface area (Å²) in [4.78, 5) is 10.7. The monoisotopic (exact) mass is 186 g/mol. The van der Waals surface area contributed by atoms with Crippen molar-refractivity contribution in [2.24, 2.45) is 5.73 Å². The van der Waals surface area contributed by atoms with Crippen molar-refractivity contribution in [3.63, 3.8) is 0 Å². The molecule has 13 heavy (non-hydrogen) atoms. The van der Waals surface area contributed by atoms with Gasteiger partial charge in [-0.15, -0.1) is 0 Å². The average molecular weight is 186 g/mol. The molecule has 0 aliphatic rings. The first-order chi connectivity index (χ1) is 6.22. The number of unbranched alkanes of at least 4 members (excludes halogenated alkanes) is 1. The minimum Gasteiger partial charge on any atom is -0.480 e. The van der Waals surface area contributed by atoms with E-state index in [1.54, 1.807) is 12.3 Å². The summed E-state index contributed by atoms with van der Waals surface area (Å²) < 4.78 is 0. The van der Waals surface area contributed by atoms with Gasteiger partial charge in [-0.25, -0.2) is 4.79 Å². The molecule has 0 bridgehead atoms. The molecule has 1 atom stereocenters. The first-order valence-electron chi connectivity index (χ1n) is 4.52. The topological polar surface area (TPSA) is 75.3 Å². The molecule has 0 amide bonds. The summed E-state index contributed by atoms with van der Waals surface area (Å²) in [5, 5.41) is 11.6. The van der Waals surface area contributed by atoms with Crippen LogP contribution in [0.25, 0.3) is 0 Å². The first-order valence-corrected chi connectivity index (χ1v) is 4.52. The van der Waals surface area contributed by atoms with E-state index in [-0.39, 0.29) is 0 Å². The maximum Gasteiger partial charge on any atom is 0.326 e. The maximum atomic E-state index is 10.7. The Bertz CT molecular complexity index is 169. The van der Waals surface area contributed by atoms with E-state index in [0.29, 0.717) is 13.0 Å². The van der Waals surface area contributed by atoms with E-state index in [1.165, 1.54) is 0 Å². The highest BCUT2D eigenvalue weighted by molar-refractivity contribution is 5.73. The van der Waals surface area contributed by atoms with E-state index in [2.05, 4.69) is 5.32 Å². The molecule has 0 rings (SSSR count). The Morgan fingerprint density at radius 2 is 2.31 bits per heavy atom. The van der Waals surface area contributed by atoms with E-state index in [1.807, 2.05) is 6.92 Å². The van der Waals surface area contributed by atoms with Gasteiger partial charge in [0, 0.05) is 0 Å². The summed E-state index contributed by atoms with van der Waals surface area (Å²) in [6.07, 6.45) is 5.77. The SMILES string of the molecule is CC=CN[C@@H](CCCCN)C(=O)O. The second-order valence-electron chi connectivity index (χ2n) is 2.84. The van der Waals surface area contributed by atoms with Crippen LogP contribution in [0.4, 0.5) is 0 Å². The van der Waals surface area contributed by atoms with E-state index in [0.717, 1.165) is 12.8 Å². The van der Waals surface area contributed by atoms with Crippen molar-refractivity contribution in [2.45, 2.75) is 32.2 Å². The second-order valence-corrected chi connectivity index (χ2v) is 2.84. The second kappa shape index (κ2) is 7.61. The van der Waals surface area contributed by atoms with Crippen molar-refractivity contribution in [2.75, 3.05) is 6.54 Å². The molecule has 0 aromatic heterocycles. The lowest BCUT2D eigenvalue weighted by molar-refractivity contribution is -0.139. The predicted octanol–water partition coefficient (Wildman–Crippen LogP) is 0.692. The molecule has 0 unspecified atom stereocenters. The van der Waals surface area contributed by atoms with Crippen molar-refractivity contribution >= 4 is 5.97 Å². The number of nitrogens with one attached hydrogen (secondary N) is 1. The fourth-order valence-electron chi connectivity index (χ4n) is 0.983. The van der Waals surface area contributed by atoms with Gasteiger partial charge < -0.3 is 16.2 Å². The summed E-state index contributed by atoms with van der Waals surface area (Å²) in [7, 11) is 0. The molecule has 76 valence electrons. The molecule has 0 aromatic carbocycles.